The summed E-state index contributed by atoms with van der Waals surface area (Å²) in [6, 6.07) is 9.15. The third-order valence-corrected chi connectivity index (χ3v) is 7.74. The number of nitrogens with zero attached hydrogens (tertiary/aromatic N) is 1. The number of nitrogens with one attached hydrogen (secondary N) is 1. The Kier molecular flexibility index (Phi) is 8.25. The highest BCUT2D eigenvalue weighted by Gasteiger charge is 2.35. The zero-order valence-electron chi connectivity index (χ0n) is 19.2. The molecule has 0 spiro atoms. The first-order chi connectivity index (χ1) is 16.0. The molecule has 1 heterocycles. The fourth-order valence-corrected chi connectivity index (χ4v) is 5.29. The lowest BCUT2D eigenvalue weighted by atomic mass is 9.97. The molecule has 34 heavy (non-hydrogen) atoms. The highest BCUT2D eigenvalue weighted by atomic mass is 32.2. The molecule has 1 aliphatic rings. The van der Waals surface area contributed by atoms with Crippen LogP contribution in [0.3, 0.4) is 0 Å². The summed E-state index contributed by atoms with van der Waals surface area (Å²) in [5, 5.41) is 2.90. The summed E-state index contributed by atoms with van der Waals surface area (Å²) in [4.78, 5) is 12.4. The van der Waals surface area contributed by atoms with Gasteiger partial charge in [0.15, 0.2) is 0 Å². The maximum Gasteiger partial charge on any atom is 0.416 e. The molecule has 0 saturated carbocycles. The number of ether oxygens (including phenoxy) is 1. The van der Waals surface area contributed by atoms with Gasteiger partial charge in [0.25, 0.3) is 0 Å². The molecule has 6 nitrogen and oxygen atoms in total. The van der Waals surface area contributed by atoms with Crippen molar-refractivity contribution >= 4 is 21.6 Å². The van der Waals surface area contributed by atoms with E-state index in [1.165, 1.54) is 0 Å². The number of carbonyl (C=O) groups excluding carboxylic acids is 1. The van der Waals surface area contributed by atoms with Crippen molar-refractivity contribution in [1.82, 2.24) is 4.31 Å². The molecule has 10 heteroatoms. The summed E-state index contributed by atoms with van der Waals surface area (Å²) in [6.45, 7) is 4.69. The van der Waals surface area contributed by atoms with Gasteiger partial charge in [-0.05, 0) is 68.1 Å². The number of sulfonamides is 1. The van der Waals surface area contributed by atoms with E-state index in [1.807, 2.05) is 13.0 Å². The first-order valence-electron chi connectivity index (χ1n) is 11.2. The number of piperidine rings is 1. The third-order valence-electron chi connectivity index (χ3n) is 5.85. The van der Waals surface area contributed by atoms with Gasteiger partial charge in [0.1, 0.15) is 5.75 Å². The number of anilines is 1. The molecular formula is C24H29F3N2O4S. The average molecular weight is 499 g/mol. The van der Waals surface area contributed by atoms with E-state index in [4.69, 9.17) is 4.74 Å². The summed E-state index contributed by atoms with van der Waals surface area (Å²) in [5.74, 6) is 0.128. The number of alkyl halides is 3. The lowest BCUT2D eigenvalue weighted by molar-refractivity contribution is -0.137. The minimum Gasteiger partial charge on any atom is -0.494 e. The predicted molar refractivity (Wildman–Crippen MR) is 123 cm³/mol. The number of carbonyl (C=O) groups is 1. The molecular weight excluding hydrogens is 469 g/mol. The van der Waals surface area contributed by atoms with E-state index in [1.54, 1.807) is 12.1 Å². The number of hydrogen-bond acceptors (Lipinski definition) is 4. The molecule has 2 aromatic carbocycles. The quantitative estimate of drug-likeness (QED) is 0.506. The van der Waals surface area contributed by atoms with Crippen LogP contribution in [0, 0.1) is 12.8 Å². The molecule has 0 aromatic heterocycles. The van der Waals surface area contributed by atoms with Gasteiger partial charge in [0.2, 0.25) is 15.9 Å². The average Bonchev–Trinajstić information content (AvgIpc) is 2.80. The Hall–Kier alpha value is -2.59. The second-order valence-corrected chi connectivity index (χ2v) is 10.3. The first kappa shape index (κ1) is 26.0. The Morgan fingerprint density at radius 1 is 1.15 bits per heavy atom. The molecule has 186 valence electrons. The molecule has 1 aliphatic heterocycles. The summed E-state index contributed by atoms with van der Waals surface area (Å²) in [5.41, 5.74) is 0.499. The molecule has 1 saturated heterocycles. The summed E-state index contributed by atoms with van der Waals surface area (Å²) >= 11 is 0. The highest BCUT2D eigenvalue weighted by molar-refractivity contribution is 7.89. The van der Waals surface area contributed by atoms with Gasteiger partial charge in [-0.25, -0.2) is 8.42 Å². The van der Waals surface area contributed by atoms with Gasteiger partial charge in [-0.2, -0.15) is 17.5 Å². The largest absolute Gasteiger partial charge is 0.494 e. The first-order valence-corrected chi connectivity index (χ1v) is 12.7. The van der Waals surface area contributed by atoms with Crippen LogP contribution in [-0.2, 0) is 21.0 Å². The van der Waals surface area contributed by atoms with Crippen LogP contribution in [0.4, 0.5) is 18.9 Å². The van der Waals surface area contributed by atoms with Gasteiger partial charge >= 0.3 is 6.18 Å². The monoisotopic (exact) mass is 498 g/mol. The molecule has 0 unspecified atom stereocenters. The van der Waals surface area contributed by atoms with Crippen molar-refractivity contribution in [3.63, 3.8) is 0 Å². The Balaban J connectivity index is 1.60. The van der Waals surface area contributed by atoms with Crippen molar-refractivity contribution in [3.05, 3.63) is 53.6 Å². The van der Waals surface area contributed by atoms with Gasteiger partial charge < -0.3 is 10.1 Å². The minimum absolute atomic E-state index is 0.0554. The zero-order valence-corrected chi connectivity index (χ0v) is 20.0. The number of hydrogen-bond donors (Lipinski definition) is 1. The Morgan fingerprint density at radius 3 is 2.47 bits per heavy atom. The van der Waals surface area contributed by atoms with Gasteiger partial charge in [-0.15, -0.1) is 0 Å². The lowest BCUT2D eigenvalue weighted by Crippen LogP contribution is -2.41. The maximum absolute atomic E-state index is 13.0. The van der Waals surface area contributed by atoms with Crippen molar-refractivity contribution in [2.45, 2.75) is 50.6 Å². The number of unbranched alkanes of at least 4 members (excludes halogenated alkanes) is 1. The van der Waals surface area contributed by atoms with Crippen molar-refractivity contribution in [1.29, 1.82) is 0 Å². The minimum atomic E-state index is -4.63. The maximum atomic E-state index is 13.0. The molecule has 1 fully saturated rings. The summed E-state index contributed by atoms with van der Waals surface area (Å²) in [7, 11) is -4.09. The third kappa shape index (κ3) is 6.29. The van der Waals surface area contributed by atoms with Crippen molar-refractivity contribution in [3.8, 4) is 5.75 Å². The Bertz CT molecular complexity index is 1110. The van der Waals surface area contributed by atoms with Crippen LogP contribution >= 0.6 is 0 Å². The van der Waals surface area contributed by atoms with Crippen LogP contribution in [0.25, 0.3) is 0 Å². The fraction of sp³-hybridized carbons (Fsp3) is 0.458. The second kappa shape index (κ2) is 10.8. The number of halogens is 3. The molecule has 1 N–H and O–H groups in total. The van der Waals surface area contributed by atoms with Gasteiger partial charge in [0.05, 0.1) is 17.1 Å². The van der Waals surface area contributed by atoms with E-state index in [2.05, 4.69) is 12.2 Å². The topological polar surface area (TPSA) is 75.7 Å². The molecule has 0 aliphatic carbocycles. The smallest absolute Gasteiger partial charge is 0.416 e. The highest BCUT2D eigenvalue weighted by Crippen LogP contribution is 2.32. The molecule has 0 radical (unpaired) electrons. The van der Waals surface area contributed by atoms with Crippen molar-refractivity contribution in [2.75, 3.05) is 25.0 Å². The van der Waals surface area contributed by atoms with E-state index in [-0.39, 0.29) is 31.8 Å². The van der Waals surface area contributed by atoms with E-state index in [0.717, 1.165) is 46.7 Å². The zero-order chi connectivity index (χ0) is 24.9. The fourth-order valence-electron chi connectivity index (χ4n) is 3.78. The van der Waals surface area contributed by atoms with E-state index in [9.17, 15) is 26.4 Å². The number of aryl methyl sites for hydroxylation is 1. The van der Waals surface area contributed by atoms with Crippen LogP contribution < -0.4 is 10.1 Å². The summed E-state index contributed by atoms with van der Waals surface area (Å²) in [6.07, 6.45) is -2.08. The van der Waals surface area contributed by atoms with Crippen LogP contribution in [0.1, 0.15) is 43.7 Å². The Labute approximate surface area is 198 Å². The predicted octanol–water partition coefficient (Wildman–Crippen LogP) is 5.23. The second-order valence-electron chi connectivity index (χ2n) is 8.37. The summed E-state index contributed by atoms with van der Waals surface area (Å²) < 4.78 is 71.4. The van der Waals surface area contributed by atoms with Gasteiger partial charge in [-0.1, -0.05) is 19.4 Å². The van der Waals surface area contributed by atoms with E-state index >= 15 is 0 Å². The molecule has 3 rings (SSSR count). The van der Waals surface area contributed by atoms with Gasteiger partial charge in [-0.3, -0.25) is 4.79 Å². The molecule has 1 amide bonds. The van der Waals surface area contributed by atoms with Crippen molar-refractivity contribution < 1.29 is 31.1 Å². The van der Waals surface area contributed by atoms with Crippen LogP contribution in [0.2, 0.25) is 0 Å². The number of benzene rings is 2. The van der Waals surface area contributed by atoms with Crippen LogP contribution in [0.5, 0.6) is 5.75 Å². The van der Waals surface area contributed by atoms with Crippen LogP contribution in [0.15, 0.2) is 47.4 Å². The number of rotatable bonds is 8. The molecule has 0 bridgehead atoms. The van der Waals surface area contributed by atoms with Crippen LogP contribution in [-0.4, -0.2) is 38.3 Å². The normalized spacial score (nSPS) is 15.8. The van der Waals surface area contributed by atoms with Gasteiger partial charge in [0, 0.05) is 24.7 Å². The molecule has 2 aromatic rings. The van der Waals surface area contributed by atoms with E-state index < -0.39 is 32.6 Å². The SMILES string of the molecule is CCCCOc1ccc(NC(=O)C2CCN(S(=O)(=O)c3cccc(C(F)(F)F)c3)CC2)c(C)c1. The molecule has 0 atom stereocenters. The number of amides is 1. The standard InChI is InChI=1S/C24H29F3N2O4S/c1-3-4-14-33-20-8-9-22(17(2)15-20)28-23(30)18-10-12-29(13-11-18)34(31,32)21-7-5-6-19(16-21)24(25,26)27/h5-9,15-16,18H,3-4,10-14H2,1-2H3,(H,28,30). The Morgan fingerprint density at radius 2 is 1.85 bits per heavy atom. The van der Waals surface area contributed by atoms with E-state index in [0.29, 0.717) is 18.4 Å². The lowest BCUT2D eigenvalue weighted by Gasteiger charge is -2.30. The van der Waals surface area contributed by atoms with Crippen molar-refractivity contribution in [2.24, 2.45) is 5.92 Å².